The molecule has 8 heteroatoms. The minimum absolute atomic E-state index is 0.163. The van der Waals surface area contributed by atoms with Crippen LogP contribution >= 0.6 is 0 Å². The summed E-state index contributed by atoms with van der Waals surface area (Å²) in [5.74, 6) is -0.0405. The first-order valence-electron chi connectivity index (χ1n) is 10.5. The van der Waals surface area contributed by atoms with E-state index in [4.69, 9.17) is 10.7 Å². The van der Waals surface area contributed by atoms with Crippen molar-refractivity contribution in [2.24, 2.45) is 10.7 Å². The number of aromatic nitrogens is 2. The normalized spacial score (nSPS) is 14.2. The third kappa shape index (κ3) is 4.65. The predicted molar refractivity (Wildman–Crippen MR) is 125 cm³/mol. The summed E-state index contributed by atoms with van der Waals surface area (Å²) in [6, 6.07) is 11.7. The lowest BCUT2D eigenvalue weighted by Gasteiger charge is -2.37. The quantitative estimate of drug-likeness (QED) is 0.583. The van der Waals surface area contributed by atoms with E-state index in [0.29, 0.717) is 23.5 Å². The van der Waals surface area contributed by atoms with Crippen molar-refractivity contribution in [2.45, 2.75) is 19.9 Å². The summed E-state index contributed by atoms with van der Waals surface area (Å²) in [5.41, 5.74) is 9.66. The zero-order valence-electron chi connectivity index (χ0n) is 18.0. The minimum atomic E-state index is -0.420. The van der Waals surface area contributed by atoms with Crippen LogP contribution in [0.15, 0.2) is 59.9 Å². The van der Waals surface area contributed by atoms with E-state index in [9.17, 15) is 9.18 Å². The molecule has 0 atom stereocenters. The second-order valence-corrected chi connectivity index (χ2v) is 7.74. The molecule has 3 aromatic rings. The maximum Gasteiger partial charge on any atom is 0.274 e. The number of aliphatic imine (C=N–C) groups is 1. The molecule has 1 aromatic heterocycles. The summed E-state index contributed by atoms with van der Waals surface area (Å²) in [6.07, 6.45) is 3.42. The lowest BCUT2D eigenvalue weighted by Crippen LogP contribution is -2.56. The molecule has 1 saturated heterocycles. The summed E-state index contributed by atoms with van der Waals surface area (Å²) in [5, 5.41) is 2.74. The molecule has 0 bridgehead atoms. The Morgan fingerprint density at radius 2 is 2.06 bits per heavy atom. The average molecular weight is 433 g/mol. The molecule has 1 amide bonds. The van der Waals surface area contributed by atoms with Crippen molar-refractivity contribution < 1.29 is 9.18 Å². The van der Waals surface area contributed by atoms with Gasteiger partial charge in [0, 0.05) is 42.5 Å². The number of amides is 1. The van der Waals surface area contributed by atoms with Crippen LogP contribution in [0.4, 0.5) is 15.9 Å². The largest absolute Gasteiger partial charge is 0.352 e. The third-order valence-electron chi connectivity index (χ3n) is 5.26. The number of carbonyl (C=O) groups excluding carboxylic acids is 1. The zero-order chi connectivity index (χ0) is 22.7. The third-order valence-corrected chi connectivity index (χ3v) is 5.26. The Hall–Kier alpha value is -3.65. The molecule has 1 fully saturated rings. The second-order valence-electron chi connectivity index (χ2n) is 7.74. The molecule has 0 radical (unpaired) electrons. The van der Waals surface area contributed by atoms with Gasteiger partial charge in [-0.25, -0.2) is 9.37 Å². The molecule has 2 aromatic carbocycles. The Balaban J connectivity index is 1.65. The molecular weight excluding hydrogens is 407 g/mol. The van der Waals surface area contributed by atoms with E-state index < -0.39 is 11.7 Å². The summed E-state index contributed by atoms with van der Waals surface area (Å²) >= 11 is 0. The summed E-state index contributed by atoms with van der Waals surface area (Å²) < 4.78 is 13.5. The van der Waals surface area contributed by atoms with Gasteiger partial charge in [-0.3, -0.25) is 14.8 Å². The standard InChI is InChI=1S/C24H25FN6O/c1-3-28-23(24(32)29-19-6-4-5-17(25)10-19)20-9-16(8-7-15(20)2)21-11-27-12-22(30-21)31-13-18(26)14-31/h4-12,18H,3,13-14,26H2,1-2H3,(H,29,32). The SMILES string of the molecule is CCN=C(C(=O)Nc1cccc(F)c1)c1cc(-c2cncc(N3CC(N)C3)n2)ccc1C. The Morgan fingerprint density at radius 3 is 2.78 bits per heavy atom. The smallest absolute Gasteiger partial charge is 0.274 e. The van der Waals surface area contributed by atoms with Crippen molar-refractivity contribution in [3.63, 3.8) is 0 Å². The van der Waals surface area contributed by atoms with Crippen LogP contribution in [0.25, 0.3) is 11.3 Å². The van der Waals surface area contributed by atoms with Gasteiger partial charge >= 0.3 is 0 Å². The van der Waals surface area contributed by atoms with E-state index in [1.165, 1.54) is 12.1 Å². The fourth-order valence-electron chi connectivity index (χ4n) is 3.58. The molecule has 1 aliphatic rings. The number of nitrogens with two attached hydrogens (primary N) is 1. The maximum atomic E-state index is 13.5. The van der Waals surface area contributed by atoms with Gasteiger partial charge in [-0.2, -0.15) is 0 Å². The van der Waals surface area contributed by atoms with Crippen molar-refractivity contribution in [1.82, 2.24) is 9.97 Å². The van der Waals surface area contributed by atoms with Crippen molar-refractivity contribution >= 4 is 23.1 Å². The molecule has 4 rings (SSSR count). The van der Waals surface area contributed by atoms with Crippen LogP contribution < -0.4 is 16.0 Å². The fraction of sp³-hybridized carbons (Fsp3) is 0.250. The number of hydrogen-bond donors (Lipinski definition) is 2. The van der Waals surface area contributed by atoms with Gasteiger partial charge in [0.25, 0.3) is 5.91 Å². The fourth-order valence-corrected chi connectivity index (χ4v) is 3.58. The van der Waals surface area contributed by atoms with Crippen LogP contribution in [-0.4, -0.2) is 47.3 Å². The van der Waals surface area contributed by atoms with Gasteiger partial charge in [-0.05, 0) is 43.7 Å². The molecule has 164 valence electrons. The number of nitrogens with zero attached hydrogens (tertiary/aromatic N) is 4. The van der Waals surface area contributed by atoms with E-state index in [-0.39, 0.29) is 11.8 Å². The lowest BCUT2D eigenvalue weighted by molar-refractivity contribution is -0.110. The van der Waals surface area contributed by atoms with Gasteiger partial charge in [0.2, 0.25) is 0 Å². The van der Waals surface area contributed by atoms with Gasteiger partial charge in [0.05, 0.1) is 18.1 Å². The van der Waals surface area contributed by atoms with Crippen LogP contribution in [0.2, 0.25) is 0 Å². The Kier molecular flexibility index (Phi) is 6.23. The number of hydrogen-bond acceptors (Lipinski definition) is 6. The second kappa shape index (κ2) is 9.23. The number of aryl methyl sites for hydroxylation is 1. The molecule has 32 heavy (non-hydrogen) atoms. The van der Waals surface area contributed by atoms with Gasteiger partial charge in [-0.1, -0.05) is 18.2 Å². The topological polar surface area (TPSA) is 96.5 Å². The molecule has 0 unspecified atom stereocenters. The molecule has 0 saturated carbocycles. The average Bonchev–Trinajstić information content (AvgIpc) is 2.76. The van der Waals surface area contributed by atoms with Gasteiger partial charge in [0.1, 0.15) is 17.3 Å². The zero-order valence-corrected chi connectivity index (χ0v) is 18.0. The van der Waals surface area contributed by atoms with Crippen LogP contribution in [0.1, 0.15) is 18.1 Å². The molecular formula is C24H25FN6O. The van der Waals surface area contributed by atoms with Crippen LogP contribution in [0.3, 0.4) is 0 Å². The maximum absolute atomic E-state index is 13.5. The molecule has 0 aliphatic carbocycles. The highest BCUT2D eigenvalue weighted by Gasteiger charge is 2.25. The summed E-state index contributed by atoms with van der Waals surface area (Å²) in [4.78, 5) is 28.6. The first-order chi connectivity index (χ1) is 15.4. The van der Waals surface area contributed by atoms with Crippen molar-refractivity contribution in [1.29, 1.82) is 0 Å². The number of anilines is 2. The van der Waals surface area contributed by atoms with E-state index in [1.54, 1.807) is 24.5 Å². The number of benzene rings is 2. The Bertz CT molecular complexity index is 1170. The summed E-state index contributed by atoms with van der Waals surface area (Å²) in [7, 11) is 0. The lowest BCUT2D eigenvalue weighted by atomic mass is 9.98. The Labute approximate surface area is 186 Å². The first kappa shape index (κ1) is 21.6. The molecule has 2 heterocycles. The van der Waals surface area contributed by atoms with Gasteiger partial charge in [0.15, 0.2) is 0 Å². The summed E-state index contributed by atoms with van der Waals surface area (Å²) in [6.45, 7) is 5.72. The van der Waals surface area contributed by atoms with Crippen LogP contribution in [-0.2, 0) is 4.79 Å². The van der Waals surface area contributed by atoms with E-state index in [2.05, 4.69) is 20.2 Å². The molecule has 3 N–H and O–H groups in total. The highest BCUT2D eigenvalue weighted by Crippen LogP contribution is 2.25. The number of nitrogens with one attached hydrogen (secondary N) is 1. The van der Waals surface area contributed by atoms with Crippen LogP contribution in [0, 0.1) is 12.7 Å². The van der Waals surface area contributed by atoms with E-state index >= 15 is 0 Å². The molecule has 1 aliphatic heterocycles. The van der Waals surface area contributed by atoms with E-state index in [0.717, 1.165) is 30.0 Å². The van der Waals surface area contributed by atoms with Gasteiger partial charge in [-0.15, -0.1) is 0 Å². The van der Waals surface area contributed by atoms with Gasteiger partial charge < -0.3 is 16.0 Å². The molecule has 7 nitrogen and oxygen atoms in total. The highest BCUT2D eigenvalue weighted by atomic mass is 19.1. The Morgan fingerprint density at radius 1 is 1.25 bits per heavy atom. The van der Waals surface area contributed by atoms with Crippen molar-refractivity contribution in [3.05, 3.63) is 71.8 Å². The first-order valence-corrected chi connectivity index (χ1v) is 10.5. The minimum Gasteiger partial charge on any atom is -0.352 e. The molecule has 0 spiro atoms. The van der Waals surface area contributed by atoms with Crippen molar-refractivity contribution in [3.8, 4) is 11.3 Å². The van der Waals surface area contributed by atoms with Crippen LogP contribution in [0.5, 0.6) is 0 Å². The number of rotatable bonds is 6. The number of halogens is 1. The monoisotopic (exact) mass is 432 g/mol. The highest BCUT2D eigenvalue weighted by molar-refractivity contribution is 6.49. The van der Waals surface area contributed by atoms with E-state index in [1.807, 2.05) is 32.0 Å². The predicted octanol–water partition coefficient (Wildman–Crippen LogP) is 3.19. The van der Waals surface area contributed by atoms with Crippen molar-refractivity contribution in [2.75, 3.05) is 29.9 Å². The number of carbonyl (C=O) groups is 1.